The smallest absolute Gasteiger partial charge is 0.287 e. The van der Waals surface area contributed by atoms with Crippen LogP contribution in [0, 0.1) is 5.82 Å². The fourth-order valence-electron chi connectivity index (χ4n) is 2.44. The van der Waals surface area contributed by atoms with Gasteiger partial charge in [0.2, 0.25) is 0 Å². The molecule has 29 heavy (non-hydrogen) atoms. The molecular weight excluding hydrogens is 443 g/mol. The third-order valence-corrected chi connectivity index (χ3v) is 4.42. The summed E-state index contributed by atoms with van der Waals surface area (Å²) in [6.07, 6.45) is 0. The van der Waals surface area contributed by atoms with Crippen LogP contribution in [-0.2, 0) is 6.61 Å². The van der Waals surface area contributed by atoms with Gasteiger partial charge in [-0.15, -0.1) is 0 Å². The lowest BCUT2D eigenvalue weighted by molar-refractivity contribution is 0.0906. The second-order valence-electron chi connectivity index (χ2n) is 6.00. The van der Waals surface area contributed by atoms with E-state index in [0.29, 0.717) is 11.5 Å². The molecule has 3 aromatic rings. The van der Waals surface area contributed by atoms with E-state index in [4.69, 9.17) is 9.15 Å². The fraction of sp³-hybridized carbons (Fsp3) is 0.143. The molecular formula is C21H18BrFN2O4. The highest BCUT2D eigenvalue weighted by atomic mass is 79.9. The molecule has 0 unspecified atom stereocenters. The van der Waals surface area contributed by atoms with E-state index in [0.717, 1.165) is 4.47 Å². The predicted molar refractivity (Wildman–Crippen MR) is 108 cm³/mol. The van der Waals surface area contributed by atoms with Crippen molar-refractivity contribution < 1.29 is 23.1 Å². The SMILES string of the molecule is O=C(NCCNC(=O)c1ccccc1F)c1ccc(COc2ccc(Br)cc2)o1. The van der Waals surface area contributed by atoms with Gasteiger partial charge in [-0.05, 0) is 48.5 Å². The Morgan fingerprint density at radius 2 is 1.62 bits per heavy atom. The number of benzene rings is 2. The van der Waals surface area contributed by atoms with E-state index in [1.165, 1.54) is 18.2 Å². The first kappa shape index (κ1) is 20.6. The zero-order chi connectivity index (χ0) is 20.6. The van der Waals surface area contributed by atoms with E-state index < -0.39 is 17.6 Å². The Bertz CT molecular complexity index is 988. The number of ether oxygens (including phenoxy) is 1. The van der Waals surface area contributed by atoms with Crippen LogP contribution in [0.4, 0.5) is 4.39 Å². The van der Waals surface area contributed by atoms with Crippen molar-refractivity contribution in [2.24, 2.45) is 0 Å². The maximum absolute atomic E-state index is 13.5. The van der Waals surface area contributed by atoms with E-state index in [1.807, 2.05) is 24.3 Å². The number of hydrogen-bond acceptors (Lipinski definition) is 4. The molecule has 0 spiro atoms. The predicted octanol–water partition coefficient (Wildman–Crippen LogP) is 3.92. The zero-order valence-corrected chi connectivity index (χ0v) is 16.9. The van der Waals surface area contributed by atoms with Crippen LogP contribution in [0.1, 0.15) is 26.7 Å². The number of furan rings is 1. The molecule has 8 heteroatoms. The molecule has 0 saturated heterocycles. The Morgan fingerprint density at radius 3 is 2.34 bits per heavy atom. The van der Waals surface area contributed by atoms with Gasteiger partial charge in [0, 0.05) is 17.6 Å². The summed E-state index contributed by atoms with van der Waals surface area (Å²) in [5, 5.41) is 5.17. The highest BCUT2D eigenvalue weighted by molar-refractivity contribution is 9.10. The summed E-state index contributed by atoms with van der Waals surface area (Å²) in [6, 6.07) is 16.3. The van der Waals surface area contributed by atoms with Gasteiger partial charge in [0.25, 0.3) is 11.8 Å². The lowest BCUT2D eigenvalue weighted by atomic mass is 10.2. The lowest BCUT2D eigenvalue weighted by Gasteiger charge is -2.07. The van der Waals surface area contributed by atoms with E-state index in [2.05, 4.69) is 26.6 Å². The van der Waals surface area contributed by atoms with E-state index in [-0.39, 0.29) is 31.0 Å². The molecule has 1 aromatic heterocycles. The van der Waals surface area contributed by atoms with Crippen molar-refractivity contribution in [2.75, 3.05) is 13.1 Å². The van der Waals surface area contributed by atoms with Crippen LogP contribution in [0.3, 0.4) is 0 Å². The molecule has 1 heterocycles. The monoisotopic (exact) mass is 460 g/mol. The minimum absolute atomic E-state index is 0.0414. The Balaban J connectivity index is 1.41. The van der Waals surface area contributed by atoms with Crippen LogP contribution in [0.5, 0.6) is 5.75 Å². The van der Waals surface area contributed by atoms with E-state index in [1.54, 1.807) is 18.2 Å². The largest absolute Gasteiger partial charge is 0.486 e. The van der Waals surface area contributed by atoms with E-state index >= 15 is 0 Å². The summed E-state index contributed by atoms with van der Waals surface area (Å²) in [7, 11) is 0. The molecule has 3 rings (SSSR count). The van der Waals surface area contributed by atoms with Gasteiger partial charge in [-0.25, -0.2) is 4.39 Å². The second kappa shape index (κ2) is 9.88. The maximum Gasteiger partial charge on any atom is 0.287 e. The molecule has 2 N–H and O–H groups in total. The average molecular weight is 461 g/mol. The molecule has 0 aliphatic heterocycles. The molecule has 0 saturated carbocycles. The van der Waals surface area contributed by atoms with Crippen molar-refractivity contribution in [1.82, 2.24) is 10.6 Å². The number of amides is 2. The molecule has 0 aliphatic carbocycles. The maximum atomic E-state index is 13.5. The first-order valence-electron chi connectivity index (χ1n) is 8.81. The molecule has 2 amide bonds. The second-order valence-corrected chi connectivity index (χ2v) is 6.92. The summed E-state index contributed by atoms with van der Waals surface area (Å²) in [4.78, 5) is 24.0. The number of hydrogen-bond donors (Lipinski definition) is 2. The number of halogens is 2. The van der Waals surface area contributed by atoms with Gasteiger partial charge in [-0.1, -0.05) is 28.1 Å². The third-order valence-electron chi connectivity index (χ3n) is 3.89. The quantitative estimate of drug-likeness (QED) is 0.499. The van der Waals surface area contributed by atoms with Crippen LogP contribution in [-0.4, -0.2) is 24.9 Å². The normalized spacial score (nSPS) is 10.4. The first-order chi connectivity index (χ1) is 14.0. The van der Waals surface area contributed by atoms with Crippen LogP contribution in [0.15, 0.2) is 69.6 Å². The Morgan fingerprint density at radius 1 is 0.931 bits per heavy atom. The molecule has 6 nitrogen and oxygen atoms in total. The highest BCUT2D eigenvalue weighted by Crippen LogP contribution is 2.18. The van der Waals surface area contributed by atoms with Gasteiger partial charge in [0.15, 0.2) is 5.76 Å². The van der Waals surface area contributed by atoms with Crippen LogP contribution < -0.4 is 15.4 Å². The average Bonchev–Trinajstić information content (AvgIpc) is 3.20. The first-order valence-corrected chi connectivity index (χ1v) is 9.60. The highest BCUT2D eigenvalue weighted by Gasteiger charge is 2.13. The zero-order valence-electron chi connectivity index (χ0n) is 15.3. The molecule has 0 atom stereocenters. The third kappa shape index (κ3) is 5.92. The van der Waals surface area contributed by atoms with Crippen molar-refractivity contribution in [3.05, 3.63) is 88.0 Å². The summed E-state index contributed by atoms with van der Waals surface area (Å²) >= 11 is 3.35. The van der Waals surface area contributed by atoms with Crippen molar-refractivity contribution in [2.45, 2.75) is 6.61 Å². The molecule has 150 valence electrons. The number of carbonyl (C=O) groups is 2. The Hall–Kier alpha value is -3.13. The molecule has 0 aliphatic rings. The van der Waals surface area contributed by atoms with Gasteiger partial charge in [-0.3, -0.25) is 9.59 Å². The van der Waals surface area contributed by atoms with Crippen LogP contribution in [0.25, 0.3) is 0 Å². The molecule has 0 radical (unpaired) electrons. The standard InChI is InChI=1S/C21H18BrFN2O4/c22-14-5-7-15(8-6-14)28-13-16-9-10-19(29-16)21(27)25-12-11-24-20(26)17-3-1-2-4-18(17)23/h1-10H,11-13H2,(H,24,26)(H,25,27). The summed E-state index contributed by atoms with van der Waals surface area (Å²) in [5.74, 6) is -0.225. The molecule has 2 aromatic carbocycles. The number of nitrogens with one attached hydrogen (secondary N) is 2. The topological polar surface area (TPSA) is 80.6 Å². The number of rotatable bonds is 8. The summed E-state index contributed by atoms with van der Waals surface area (Å²) in [6.45, 7) is 0.511. The fourth-order valence-corrected chi connectivity index (χ4v) is 2.71. The minimum Gasteiger partial charge on any atom is -0.486 e. The van der Waals surface area contributed by atoms with E-state index in [9.17, 15) is 14.0 Å². The van der Waals surface area contributed by atoms with Gasteiger partial charge < -0.3 is 19.8 Å². The lowest BCUT2D eigenvalue weighted by Crippen LogP contribution is -2.34. The van der Waals surface area contributed by atoms with Crippen LogP contribution in [0.2, 0.25) is 0 Å². The summed E-state index contributed by atoms with van der Waals surface area (Å²) in [5.41, 5.74) is -0.0414. The summed E-state index contributed by atoms with van der Waals surface area (Å²) < 4.78 is 25.5. The Labute approximate surface area is 175 Å². The molecule has 0 fully saturated rings. The van der Waals surface area contributed by atoms with Gasteiger partial charge in [-0.2, -0.15) is 0 Å². The van der Waals surface area contributed by atoms with Gasteiger partial charge >= 0.3 is 0 Å². The van der Waals surface area contributed by atoms with Crippen molar-refractivity contribution in [3.63, 3.8) is 0 Å². The molecule has 0 bridgehead atoms. The minimum atomic E-state index is -0.595. The van der Waals surface area contributed by atoms with Crippen molar-refractivity contribution in [1.29, 1.82) is 0 Å². The van der Waals surface area contributed by atoms with Gasteiger partial charge in [0.1, 0.15) is 23.9 Å². The van der Waals surface area contributed by atoms with Crippen molar-refractivity contribution in [3.8, 4) is 5.75 Å². The Kier molecular flexibility index (Phi) is 7.02. The number of carbonyl (C=O) groups excluding carboxylic acids is 2. The van der Waals surface area contributed by atoms with Crippen LogP contribution >= 0.6 is 15.9 Å². The van der Waals surface area contributed by atoms with Crippen molar-refractivity contribution >= 4 is 27.7 Å². The van der Waals surface area contributed by atoms with Gasteiger partial charge in [0.05, 0.1) is 5.56 Å².